The number of alkyl halides is 3. The first-order valence-corrected chi connectivity index (χ1v) is 8.35. The average molecular weight is 399 g/mol. The van der Waals surface area contributed by atoms with Crippen LogP contribution in [0.3, 0.4) is 0 Å². The van der Waals surface area contributed by atoms with E-state index in [0.29, 0.717) is 32.5 Å². The quantitative estimate of drug-likeness (QED) is 0.770. The molecule has 1 aliphatic heterocycles. The molecule has 0 atom stereocenters. The number of amides is 1. The van der Waals surface area contributed by atoms with Gasteiger partial charge >= 0.3 is 6.18 Å². The van der Waals surface area contributed by atoms with E-state index < -0.39 is 23.4 Å². The largest absolute Gasteiger partial charge is 0.421 e. The van der Waals surface area contributed by atoms with Gasteiger partial charge in [-0.1, -0.05) is 0 Å². The fourth-order valence-electron chi connectivity index (χ4n) is 2.66. The summed E-state index contributed by atoms with van der Waals surface area (Å²) in [6, 6.07) is 3.79. The molecule has 0 radical (unpaired) electrons. The van der Waals surface area contributed by atoms with Gasteiger partial charge in [0, 0.05) is 31.9 Å². The number of halogens is 4. The Kier molecular flexibility index (Phi) is 5.63. The fraction of sp³-hybridized carbons (Fsp3) is 0.353. The Balaban J connectivity index is 1.79. The third-order valence-electron chi connectivity index (χ3n) is 4.09. The smallest absolute Gasteiger partial charge is 0.378 e. The van der Waals surface area contributed by atoms with Gasteiger partial charge in [0.25, 0.3) is 5.91 Å². The summed E-state index contributed by atoms with van der Waals surface area (Å²) in [5.74, 6) is -1.74. The van der Waals surface area contributed by atoms with Crippen LogP contribution in [0, 0.1) is 5.82 Å². The first-order chi connectivity index (χ1) is 13.3. The van der Waals surface area contributed by atoms with Gasteiger partial charge in [-0.25, -0.2) is 9.37 Å². The van der Waals surface area contributed by atoms with Gasteiger partial charge in [-0.2, -0.15) is 18.2 Å². The Morgan fingerprint density at radius 3 is 2.57 bits per heavy atom. The Bertz CT molecular complexity index is 869. The van der Waals surface area contributed by atoms with Crippen LogP contribution in [0.4, 0.5) is 35.0 Å². The van der Waals surface area contributed by atoms with E-state index in [1.54, 1.807) is 4.90 Å². The van der Waals surface area contributed by atoms with Crippen LogP contribution < -0.4 is 10.6 Å². The number of aromatic nitrogens is 2. The molecule has 0 bridgehead atoms. The van der Waals surface area contributed by atoms with Gasteiger partial charge in [-0.05, 0) is 18.2 Å². The van der Waals surface area contributed by atoms with E-state index in [1.807, 2.05) is 0 Å². The Hall–Kier alpha value is -2.95. The van der Waals surface area contributed by atoms with E-state index in [-0.39, 0.29) is 23.1 Å². The Morgan fingerprint density at radius 1 is 1.25 bits per heavy atom. The van der Waals surface area contributed by atoms with Crippen LogP contribution in [0.15, 0.2) is 24.4 Å². The van der Waals surface area contributed by atoms with Crippen molar-refractivity contribution >= 4 is 23.4 Å². The van der Waals surface area contributed by atoms with E-state index in [1.165, 1.54) is 19.2 Å². The predicted octanol–water partition coefficient (Wildman–Crippen LogP) is 2.89. The number of ether oxygens (including phenoxy) is 1. The van der Waals surface area contributed by atoms with Crippen molar-refractivity contribution < 1.29 is 27.1 Å². The van der Waals surface area contributed by atoms with Gasteiger partial charge < -0.3 is 20.3 Å². The van der Waals surface area contributed by atoms with Crippen molar-refractivity contribution in [2.75, 3.05) is 44.0 Å². The molecule has 0 aliphatic carbocycles. The molecule has 2 heterocycles. The molecule has 2 N–H and O–H groups in total. The first-order valence-electron chi connectivity index (χ1n) is 8.35. The summed E-state index contributed by atoms with van der Waals surface area (Å²) in [6.45, 7) is 1.69. The summed E-state index contributed by atoms with van der Waals surface area (Å²) in [4.78, 5) is 21.2. The van der Waals surface area contributed by atoms with Gasteiger partial charge in [-0.3, -0.25) is 4.79 Å². The number of carbonyl (C=O) groups excluding carboxylic acids is 1. The third-order valence-corrected chi connectivity index (χ3v) is 4.09. The molecule has 28 heavy (non-hydrogen) atoms. The van der Waals surface area contributed by atoms with Crippen LogP contribution >= 0.6 is 0 Å². The lowest BCUT2D eigenvalue weighted by Gasteiger charge is -2.27. The summed E-state index contributed by atoms with van der Waals surface area (Å²) in [7, 11) is 1.29. The second kappa shape index (κ2) is 7.97. The van der Waals surface area contributed by atoms with Crippen LogP contribution in [-0.2, 0) is 10.9 Å². The molecule has 7 nitrogen and oxygen atoms in total. The number of nitrogens with one attached hydrogen (secondary N) is 2. The zero-order valence-corrected chi connectivity index (χ0v) is 14.8. The molecular formula is C17H17F4N5O2. The van der Waals surface area contributed by atoms with Crippen molar-refractivity contribution in [3.63, 3.8) is 0 Å². The van der Waals surface area contributed by atoms with Crippen molar-refractivity contribution in [2.24, 2.45) is 0 Å². The van der Waals surface area contributed by atoms with E-state index in [9.17, 15) is 22.4 Å². The van der Waals surface area contributed by atoms with Crippen molar-refractivity contribution in [1.82, 2.24) is 14.9 Å². The number of hydrogen-bond acceptors (Lipinski definition) is 6. The molecule has 1 aromatic heterocycles. The highest BCUT2D eigenvalue weighted by atomic mass is 19.4. The predicted molar refractivity (Wildman–Crippen MR) is 93.0 cm³/mol. The van der Waals surface area contributed by atoms with Crippen LogP contribution in [0.25, 0.3) is 0 Å². The number of rotatable bonds is 4. The number of morpholine rings is 1. The average Bonchev–Trinajstić information content (AvgIpc) is 2.68. The van der Waals surface area contributed by atoms with E-state index in [4.69, 9.17) is 4.74 Å². The van der Waals surface area contributed by atoms with E-state index >= 15 is 0 Å². The minimum absolute atomic E-state index is 0.0691. The Morgan fingerprint density at radius 2 is 1.96 bits per heavy atom. The monoisotopic (exact) mass is 399 g/mol. The second-order valence-corrected chi connectivity index (χ2v) is 5.93. The number of nitrogens with zero attached hydrogens (tertiary/aromatic N) is 3. The number of benzene rings is 1. The highest BCUT2D eigenvalue weighted by molar-refractivity contribution is 5.94. The van der Waals surface area contributed by atoms with E-state index in [0.717, 1.165) is 6.07 Å². The fourth-order valence-corrected chi connectivity index (χ4v) is 2.66. The van der Waals surface area contributed by atoms with Crippen LogP contribution in [0.5, 0.6) is 0 Å². The Labute approximate surface area is 157 Å². The van der Waals surface area contributed by atoms with Crippen LogP contribution in [0.1, 0.15) is 15.9 Å². The van der Waals surface area contributed by atoms with Gasteiger partial charge in [0.05, 0.1) is 18.9 Å². The molecule has 150 valence electrons. The highest BCUT2D eigenvalue weighted by Gasteiger charge is 2.35. The van der Waals surface area contributed by atoms with Crippen molar-refractivity contribution in [3.05, 3.63) is 41.3 Å². The summed E-state index contributed by atoms with van der Waals surface area (Å²) in [5, 5.41) is 4.86. The first kappa shape index (κ1) is 19.8. The lowest BCUT2D eigenvalue weighted by molar-refractivity contribution is -0.137. The zero-order valence-electron chi connectivity index (χ0n) is 14.8. The van der Waals surface area contributed by atoms with Crippen LogP contribution in [-0.4, -0.2) is 54.1 Å². The summed E-state index contributed by atoms with van der Waals surface area (Å²) in [5.41, 5.74) is -0.943. The third kappa shape index (κ3) is 4.30. The summed E-state index contributed by atoms with van der Waals surface area (Å²) < 4.78 is 58.2. The van der Waals surface area contributed by atoms with Crippen molar-refractivity contribution in [1.29, 1.82) is 0 Å². The molecule has 1 fully saturated rings. The SMILES string of the molecule is CNc1nc(Nc2ccc(C(=O)N3CCOCC3)cc2F)ncc1C(F)(F)F. The lowest BCUT2D eigenvalue weighted by Crippen LogP contribution is -2.40. The highest BCUT2D eigenvalue weighted by Crippen LogP contribution is 2.34. The molecule has 0 saturated carbocycles. The van der Waals surface area contributed by atoms with Crippen molar-refractivity contribution in [2.45, 2.75) is 6.18 Å². The van der Waals surface area contributed by atoms with Crippen LogP contribution in [0.2, 0.25) is 0 Å². The molecule has 1 amide bonds. The molecular weight excluding hydrogens is 382 g/mol. The van der Waals surface area contributed by atoms with Gasteiger partial charge in [-0.15, -0.1) is 0 Å². The zero-order chi connectivity index (χ0) is 20.3. The number of anilines is 3. The molecule has 1 saturated heterocycles. The molecule has 3 rings (SSSR count). The summed E-state index contributed by atoms with van der Waals surface area (Å²) in [6.07, 6.45) is -4.01. The minimum Gasteiger partial charge on any atom is -0.378 e. The normalized spacial score (nSPS) is 14.7. The maximum Gasteiger partial charge on any atom is 0.421 e. The summed E-state index contributed by atoms with van der Waals surface area (Å²) >= 11 is 0. The molecule has 1 aromatic carbocycles. The standard InChI is InChI=1S/C17H17F4N5O2/c1-22-14-11(17(19,20)21)9-23-16(25-14)24-13-3-2-10(8-12(13)18)15(27)26-4-6-28-7-5-26/h2-3,8-9H,4-7H2,1H3,(H2,22,23,24,25). The molecule has 2 aromatic rings. The maximum atomic E-state index is 14.4. The second-order valence-electron chi connectivity index (χ2n) is 5.93. The van der Waals surface area contributed by atoms with Crippen molar-refractivity contribution in [3.8, 4) is 0 Å². The number of carbonyl (C=O) groups is 1. The molecule has 1 aliphatic rings. The van der Waals surface area contributed by atoms with Gasteiger partial charge in [0.1, 0.15) is 17.2 Å². The van der Waals surface area contributed by atoms with Gasteiger partial charge in [0.2, 0.25) is 5.95 Å². The number of hydrogen-bond donors (Lipinski definition) is 2. The minimum atomic E-state index is -4.62. The molecule has 0 unspecified atom stereocenters. The molecule has 0 spiro atoms. The lowest BCUT2D eigenvalue weighted by atomic mass is 10.1. The molecule has 11 heteroatoms. The van der Waals surface area contributed by atoms with E-state index in [2.05, 4.69) is 20.6 Å². The van der Waals surface area contributed by atoms with Gasteiger partial charge in [0.15, 0.2) is 0 Å². The maximum absolute atomic E-state index is 14.4. The topological polar surface area (TPSA) is 79.4 Å².